The van der Waals surface area contributed by atoms with Crippen LogP contribution >= 0.6 is 12.4 Å². The minimum Gasteiger partial charge on any atom is -0.497 e. The minimum atomic E-state index is -4.16. The van der Waals surface area contributed by atoms with Crippen LogP contribution in [0.15, 0.2) is 18.2 Å². The van der Waals surface area contributed by atoms with E-state index < -0.39 is 12.6 Å². The van der Waals surface area contributed by atoms with Gasteiger partial charge in [-0.2, -0.15) is 13.2 Å². The highest BCUT2D eigenvalue weighted by atomic mass is 35.5. The average Bonchev–Trinajstić information content (AvgIpc) is 2.54. The largest absolute Gasteiger partial charge is 0.497 e. The first-order valence-corrected chi connectivity index (χ1v) is 7.67. The molecule has 0 aliphatic carbocycles. The standard InChI is InChI=1S/C16H23F3N2O2.ClH/c1-22-13-9-12(10-14(11-13)23-2)15(3-4-16(17,18)19)21-7-5-20-6-8-21;/h9-11,15,20H,3-8H2,1-2H3;1H/t15-;/m1./s1. The van der Waals surface area contributed by atoms with Gasteiger partial charge in [-0.3, -0.25) is 4.90 Å². The Hall–Kier alpha value is -1.18. The molecule has 1 heterocycles. The first kappa shape index (κ1) is 20.9. The van der Waals surface area contributed by atoms with E-state index in [0.717, 1.165) is 31.7 Å². The third kappa shape index (κ3) is 6.03. The molecule has 0 amide bonds. The van der Waals surface area contributed by atoms with Gasteiger partial charge in [-0.1, -0.05) is 0 Å². The normalized spacial score (nSPS) is 17.0. The van der Waals surface area contributed by atoms with Crippen molar-refractivity contribution in [1.82, 2.24) is 10.2 Å². The van der Waals surface area contributed by atoms with Gasteiger partial charge in [-0.15, -0.1) is 12.4 Å². The van der Waals surface area contributed by atoms with Crippen LogP contribution in [-0.2, 0) is 0 Å². The van der Waals surface area contributed by atoms with E-state index in [0.29, 0.717) is 11.5 Å². The highest BCUT2D eigenvalue weighted by Gasteiger charge is 2.31. The molecular formula is C16H24ClF3N2O2. The molecule has 0 spiro atoms. The summed E-state index contributed by atoms with van der Waals surface area (Å²) in [6.07, 6.45) is -4.93. The Morgan fingerprint density at radius 1 is 1.08 bits per heavy atom. The molecule has 0 saturated carbocycles. The maximum Gasteiger partial charge on any atom is 0.389 e. The fraction of sp³-hybridized carbons (Fsp3) is 0.625. The highest BCUT2D eigenvalue weighted by Crippen LogP contribution is 2.35. The van der Waals surface area contributed by atoms with Crippen molar-refractivity contribution in [3.8, 4) is 11.5 Å². The molecule has 8 heteroatoms. The number of hydrogen-bond acceptors (Lipinski definition) is 4. The van der Waals surface area contributed by atoms with Crippen LogP contribution < -0.4 is 14.8 Å². The van der Waals surface area contributed by atoms with Gasteiger partial charge < -0.3 is 14.8 Å². The van der Waals surface area contributed by atoms with E-state index in [4.69, 9.17) is 9.47 Å². The predicted octanol–water partition coefficient (Wildman–Crippen LogP) is 3.41. The molecule has 1 aromatic rings. The molecule has 4 nitrogen and oxygen atoms in total. The summed E-state index contributed by atoms with van der Waals surface area (Å²) in [5.41, 5.74) is 0.798. The molecule has 1 saturated heterocycles. The lowest BCUT2D eigenvalue weighted by molar-refractivity contribution is -0.138. The number of benzene rings is 1. The molecule has 24 heavy (non-hydrogen) atoms. The Bertz CT molecular complexity index is 486. The summed E-state index contributed by atoms with van der Waals surface area (Å²) in [5.74, 6) is 1.18. The summed E-state index contributed by atoms with van der Waals surface area (Å²) in [7, 11) is 3.07. The lowest BCUT2D eigenvalue weighted by atomic mass is 9.98. The van der Waals surface area contributed by atoms with Crippen molar-refractivity contribution in [1.29, 1.82) is 0 Å². The van der Waals surface area contributed by atoms with E-state index in [1.165, 1.54) is 14.2 Å². The number of alkyl halides is 3. The molecule has 0 aromatic heterocycles. The van der Waals surface area contributed by atoms with E-state index in [2.05, 4.69) is 10.2 Å². The van der Waals surface area contributed by atoms with Gasteiger partial charge in [0.05, 0.1) is 14.2 Å². The summed E-state index contributed by atoms with van der Waals surface area (Å²) < 4.78 is 48.6. The van der Waals surface area contributed by atoms with Crippen molar-refractivity contribution in [3.63, 3.8) is 0 Å². The fourth-order valence-corrected chi connectivity index (χ4v) is 2.88. The number of hydrogen-bond donors (Lipinski definition) is 1. The minimum absolute atomic E-state index is 0. The van der Waals surface area contributed by atoms with Crippen LogP contribution in [-0.4, -0.2) is 51.5 Å². The maximum atomic E-state index is 12.7. The van der Waals surface area contributed by atoms with Crippen LogP contribution in [0.2, 0.25) is 0 Å². The van der Waals surface area contributed by atoms with Crippen LogP contribution in [0.5, 0.6) is 11.5 Å². The van der Waals surface area contributed by atoms with Crippen LogP contribution in [0.25, 0.3) is 0 Å². The lowest BCUT2D eigenvalue weighted by Gasteiger charge is -2.35. The molecule has 2 rings (SSSR count). The van der Waals surface area contributed by atoms with Crippen molar-refractivity contribution in [2.45, 2.75) is 25.1 Å². The van der Waals surface area contributed by atoms with E-state index in [1.807, 2.05) is 0 Å². The van der Waals surface area contributed by atoms with Gasteiger partial charge in [0.15, 0.2) is 0 Å². The van der Waals surface area contributed by atoms with Crippen LogP contribution in [0.1, 0.15) is 24.4 Å². The number of piperazine rings is 1. The van der Waals surface area contributed by atoms with Crippen molar-refractivity contribution < 1.29 is 22.6 Å². The van der Waals surface area contributed by atoms with Crippen molar-refractivity contribution in [2.75, 3.05) is 40.4 Å². The topological polar surface area (TPSA) is 33.7 Å². The second-order valence-electron chi connectivity index (χ2n) is 5.60. The van der Waals surface area contributed by atoms with E-state index in [9.17, 15) is 13.2 Å². The summed E-state index contributed by atoms with van der Waals surface area (Å²) in [6, 6.07) is 5.02. The van der Waals surface area contributed by atoms with E-state index >= 15 is 0 Å². The molecule has 138 valence electrons. The summed E-state index contributed by atoms with van der Waals surface area (Å²) in [6.45, 7) is 3.01. The second-order valence-corrected chi connectivity index (χ2v) is 5.60. The molecule has 1 N–H and O–H groups in total. The summed E-state index contributed by atoms with van der Waals surface area (Å²) in [5, 5.41) is 3.23. The fourth-order valence-electron chi connectivity index (χ4n) is 2.88. The SMILES string of the molecule is COc1cc(OC)cc([C@@H](CCC(F)(F)F)N2CCNCC2)c1.Cl. The molecule has 1 aliphatic heterocycles. The third-order valence-corrected chi connectivity index (χ3v) is 4.05. The predicted molar refractivity (Wildman–Crippen MR) is 89.3 cm³/mol. The van der Waals surface area contributed by atoms with Crippen molar-refractivity contribution in [3.05, 3.63) is 23.8 Å². The van der Waals surface area contributed by atoms with Crippen LogP contribution in [0, 0.1) is 0 Å². The Morgan fingerprint density at radius 3 is 2.08 bits per heavy atom. The van der Waals surface area contributed by atoms with Crippen LogP contribution in [0.4, 0.5) is 13.2 Å². The maximum absolute atomic E-state index is 12.7. The molecule has 0 bridgehead atoms. The number of halogens is 4. The second kappa shape index (κ2) is 9.34. The third-order valence-electron chi connectivity index (χ3n) is 4.05. The van der Waals surface area contributed by atoms with Crippen molar-refractivity contribution >= 4 is 12.4 Å². The quantitative estimate of drug-likeness (QED) is 0.834. The monoisotopic (exact) mass is 368 g/mol. The number of nitrogens with one attached hydrogen (secondary N) is 1. The van der Waals surface area contributed by atoms with E-state index in [1.54, 1.807) is 18.2 Å². The first-order valence-electron chi connectivity index (χ1n) is 7.67. The van der Waals surface area contributed by atoms with Gasteiger partial charge in [-0.25, -0.2) is 0 Å². The zero-order valence-electron chi connectivity index (χ0n) is 13.9. The average molecular weight is 369 g/mol. The zero-order valence-corrected chi connectivity index (χ0v) is 14.7. The number of nitrogens with zero attached hydrogens (tertiary/aromatic N) is 1. The summed E-state index contributed by atoms with van der Waals surface area (Å²) >= 11 is 0. The Balaban J connectivity index is 0.00000288. The van der Waals surface area contributed by atoms with Gasteiger partial charge in [0.1, 0.15) is 11.5 Å². The van der Waals surface area contributed by atoms with E-state index in [-0.39, 0.29) is 24.9 Å². The smallest absolute Gasteiger partial charge is 0.389 e. The van der Waals surface area contributed by atoms with Gasteiger partial charge in [0, 0.05) is 44.7 Å². The Morgan fingerprint density at radius 2 is 1.62 bits per heavy atom. The van der Waals surface area contributed by atoms with Gasteiger partial charge in [-0.05, 0) is 24.1 Å². The number of methoxy groups -OCH3 is 2. The molecule has 1 fully saturated rings. The Kier molecular flexibility index (Phi) is 8.12. The number of ether oxygens (including phenoxy) is 2. The molecule has 1 atom stereocenters. The molecule has 0 unspecified atom stereocenters. The van der Waals surface area contributed by atoms with Crippen molar-refractivity contribution in [2.24, 2.45) is 0 Å². The number of rotatable bonds is 6. The highest BCUT2D eigenvalue weighted by molar-refractivity contribution is 5.85. The van der Waals surface area contributed by atoms with Gasteiger partial charge in [0.25, 0.3) is 0 Å². The molecule has 1 aromatic carbocycles. The summed E-state index contributed by atoms with van der Waals surface area (Å²) in [4.78, 5) is 2.09. The molecule has 0 radical (unpaired) electrons. The zero-order chi connectivity index (χ0) is 16.9. The van der Waals surface area contributed by atoms with Gasteiger partial charge in [0.2, 0.25) is 0 Å². The molecular weight excluding hydrogens is 345 g/mol. The molecule has 1 aliphatic rings. The van der Waals surface area contributed by atoms with Gasteiger partial charge >= 0.3 is 6.18 Å². The first-order chi connectivity index (χ1) is 10.9. The lowest BCUT2D eigenvalue weighted by Crippen LogP contribution is -2.45. The Labute approximate surface area is 146 Å². The van der Waals surface area contributed by atoms with Crippen LogP contribution in [0.3, 0.4) is 0 Å².